The molecule has 0 spiro atoms. The standard InChI is InChI=1S/C21H22N2O4/c1-5-27-21(24)14-12-22-20-17(26-4)11-10-13(2)18(20)19(14)23-15-8-6-7-9-16(15)25-3/h6-12H,5H2,1-4H3,(H,22,23). The molecule has 1 heterocycles. The summed E-state index contributed by atoms with van der Waals surface area (Å²) in [4.78, 5) is 17.0. The van der Waals surface area contributed by atoms with E-state index in [-0.39, 0.29) is 6.61 Å². The van der Waals surface area contributed by atoms with Gasteiger partial charge >= 0.3 is 5.97 Å². The maximum Gasteiger partial charge on any atom is 0.341 e. The highest BCUT2D eigenvalue weighted by molar-refractivity contribution is 6.08. The summed E-state index contributed by atoms with van der Waals surface area (Å²) in [5.74, 6) is 0.860. The van der Waals surface area contributed by atoms with Crippen LogP contribution in [0, 0.1) is 6.92 Å². The third-order valence-corrected chi connectivity index (χ3v) is 4.27. The second-order valence-electron chi connectivity index (χ2n) is 5.90. The summed E-state index contributed by atoms with van der Waals surface area (Å²) in [6, 6.07) is 11.3. The van der Waals surface area contributed by atoms with E-state index < -0.39 is 5.97 Å². The quantitative estimate of drug-likeness (QED) is 0.649. The molecule has 0 aliphatic rings. The minimum Gasteiger partial charge on any atom is -0.495 e. The molecule has 0 aliphatic heterocycles. The predicted octanol–water partition coefficient (Wildman–Crippen LogP) is 4.48. The number of para-hydroxylation sites is 2. The second kappa shape index (κ2) is 7.95. The number of aryl methyl sites for hydroxylation is 1. The van der Waals surface area contributed by atoms with Crippen molar-refractivity contribution in [3.05, 3.63) is 53.7 Å². The van der Waals surface area contributed by atoms with Crippen LogP contribution < -0.4 is 14.8 Å². The van der Waals surface area contributed by atoms with Crippen molar-refractivity contribution in [3.8, 4) is 11.5 Å². The molecule has 3 aromatic rings. The first-order valence-electron chi connectivity index (χ1n) is 8.64. The van der Waals surface area contributed by atoms with Gasteiger partial charge in [0.15, 0.2) is 0 Å². The van der Waals surface area contributed by atoms with Crippen LogP contribution >= 0.6 is 0 Å². The Kier molecular flexibility index (Phi) is 5.45. The molecular formula is C21H22N2O4. The first-order valence-corrected chi connectivity index (χ1v) is 8.64. The average Bonchev–Trinajstić information content (AvgIpc) is 2.69. The van der Waals surface area contributed by atoms with Crippen LogP contribution in [0.15, 0.2) is 42.6 Å². The summed E-state index contributed by atoms with van der Waals surface area (Å²) in [5.41, 5.74) is 3.33. The molecule has 140 valence electrons. The van der Waals surface area contributed by atoms with Crippen LogP contribution in [0.3, 0.4) is 0 Å². The number of carbonyl (C=O) groups is 1. The molecule has 0 aliphatic carbocycles. The van der Waals surface area contributed by atoms with E-state index in [4.69, 9.17) is 14.2 Å². The van der Waals surface area contributed by atoms with Crippen molar-refractivity contribution in [2.75, 3.05) is 26.1 Å². The fourth-order valence-corrected chi connectivity index (χ4v) is 2.99. The van der Waals surface area contributed by atoms with E-state index in [1.165, 1.54) is 6.20 Å². The van der Waals surface area contributed by atoms with Crippen molar-refractivity contribution in [1.82, 2.24) is 4.98 Å². The minimum absolute atomic E-state index is 0.280. The summed E-state index contributed by atoms with van der Waals surface area (Å²) in [6.45, 7) is 4.02. The average molecular weight is 366 g/mol. The number of hydrogen-bond acceptors (Lipinski definition) is 6. The SMILES string of the molecule is CCOC(=O)c1cnc2c(OC)ccc(C)c2c1Nc1ccccc1OC. The zero-order valence-corrected chi connectivity index (χ0v) is 15.8. The van der Waals surface area contributed by atoms with Gasteiger partial charge in [-0.1, -0.05) is 18.2 Å². The number of anilines is 2. The molecule has 1 N–H and O–H groups in total. The Labute approximate surface area is 158 Å². The van der Waals surface area contributed by atoms with Gasteiger partial charge < -0.3 is 19.5 Å². The van der Waals surface area contributed by atoms with Gasteiger partial charge in [-0.25, -0.2) is 4.79 Å². The molecule has 0 amide bonds. The number of fused-ring (bicyclic) bond motifs is 1. The summed E-state index contributed by atoms with van der Waals surface area (Å²) >= 11 is 0. The number of nitrogens with zero attached hydrogens (tertiary/aromatic N) is 1. The fourth-order valence-electron chi connectivity index (χ4n) is 2.99. The first-order chi connectivity index (χ1) is 13.1. The van der Waals surface area contributed by atoms with E-state index in [0.717, 1.165) is 16.6 Å². The van der Waals surface area contributed by atoms with Crippen LogP contribution in [-0.2, 0) is 4.74 Å². The van der Waals surface area contributed by atoms with Crippen molar-refractivity contribution in [2.45, 2.75) is 13.8 Å². The second-order valence-corrected chi connectivity index (χ2v) is 5.90. The summed E-state index contributed by atoms with van der Waals surface area (Å²) < 4.78 is 16.1. The number of carbonyl (C=O) groups excluding carboxylic acids is 1. The Bertz CT molecular complexity index is 985. The molecule has 0 saturated heterocycles. The topological polar surface area (TPSA) is 69.7 Å². The van der Waals surface area contributed by atoms with Gasteiger partial charge in [-0.05, 0) is 37.6 Å². The van der Waals surface area contributed by atoms with Gasteiger partial charge in [0.05, 0.1) is 32.2 Å². The number of methoxy groups -OCH3 is 2. The Balaban J connectivity index is 2.28. The van der Waals surface area contributed by atoms with Crippen molar-refractivity contribution >= 4 is 28.2 Å². The van der Waals surface area contributed by atoms with Gasteiger partial charge in [-0.15, -0.1) is 0 Å². The lowest BCUT2D eigenvalue weighted by molar-refractivity contribution is 0.0527. The van der Waals surface area contributed by atoms with E-state index in [0.29, 0.717) is 28.3 Å². The van der Waals surface area contributed by atoms with Crippen LogP contribution in [0.5, 0.6) is 11.5 Å². The van der Waals surface area contributed by atoms with Crippen LogP contribution in [0.4, 0.5) is 11.4 Å². The number of esters is 1. The number of ether oxygens (including phenoxy) is 3. The number of rotatable bonds is 6. The van der Waals surface area contributed by atoms with Gasteiger partial charge in [0, 0.05) is 11.6 Å². The van der Waals surface area contributed by atoms with Crippen molar-refractivity contribution in [1.29, 1.82) is 0 Å². The maximum atomic E-state index is 12.6. The van der Waals surface area contributed by atoms with Crippen molar-refractivity contribution in [3.63, 3.8) is 0 Å². The predicted molar refractivity (Wildman–Crippen MR) is 105 cm³/mol. The number of aromatic nitrogens is 1. The van der Waals surface area contributed by atoms with Gasteiger partial charge in [0.25, 0.3) is 0 Å². The van der Waals surface area contributed by atoms with Crippen molar-refractivity contribution in [2.24, 2.45) is 0 Å². The van der Waals surface area contributed by atoms with E-state index in [2.05, 4.69) is 10.3 Å². The molecule has 6 nitrogen and oxygen atoms in total. The Morgan fingerprint density at radius 3 is 2.52 bits per heavy atom. The lowest BCUT2D eigenvalue weighted by atomic mass is 10.0. The smallest absolute Gasteiger partial charge is 0.341 e. The molecule has 0 fully saturated rings. The summed E-state index contributed by atoms with van der Waals surface area (Å²) in [5, 5.41) is 4.14. The van der Waals surface area contributed by atoms with Gasteiger partial charge in [-0.2, -0.15) is 0 Å². The van der Waals surface area contributed by atoms with E-state index in [1.54, 1.807) is 21.1 Å². The van der Waals surface area contributed by atoms with Crippen LogP contribution in [0.25, 0.3) is 10.9 Å². The molecule has 6 heteroatoms. The van der Waals surface area contributed by atoms with E-state index in [9.17, 15) is 4.79 Å². The monoisotopic (exact) mass is 366 g/mol. The number of hydrogen-bond donors (Lipinski definition) is 1. The highest BCUT2D eigenvalue weighted by Gasteiger charge is 2.20. The molecule has 0 radical (unpaired) electrons. The van der Waals surface area contributed by atoms with Crippen LogP contribution in [-0.4, -0.2) is 31.8 Å². The largest absolute Gasteiger partial charge is 0.495 e. The Hall–Kier alpha value is -3.28. The third kappa shape index (κ3) is 3.51. The molecule has 0 unspecified atom stereocenters. The van der Waals surface area contributed by atoms with Crippen LogP contribution in [0.2, 0.25) is 0 Å². The zero-order chi connectivity index (χ0) is 19.4. The van der Waals surface area contributed by atoms with E-state index >= 15 is 0 Å². The van der Waals surface area contributed by atoms with E-state index in [1.807, 2.05) is 43.3 Å². The van der Waals surface area contributed by atoms with Crippen molar-refractivity contribution < 1.29 is 19.0 Å². The lowest BCUT2D eigenvalue weighted by Gasteiger charge is -2.18. The highest BCUT2D eigenvalue weighted by Crippen LogP contribution is 2.38. The Morgan fingerprint density at radius 1 is 1.07 bits per heavy atom. The molecule has 0 saturated carbocycles. The summed E-state index contributed by atoms with van der Waals surface area (Å²) in [7, 11) is 3.20. The molecular weight excluding hydrogens is 344 g/mol. The number of nitrogens with one attached hydrogen (secondary N) is 1. The molecule has 1 aromatic heterocycles. The van der Waals surface area contributed by atoms with Gasteiger partial charge in [-0.3, -0.25) is 4.98 Å². The first kappa shape index (κ1) is 18.5. The highest BCUT2D eigenvalue weighted by atomic mass is 16.5. The molecule has 3 rings (SSSR count). The van der Waals surface area contributed by atoms with Gasteiger partial charge in [0.2, 0.25) is 0 Å². The number of pyridine rings is 1. The minimum atomic E-state index is -0.438. The van der Waals surface area contributed by atoms with Gasteiger partial charge in [0.1, 0.15) is 22.6 Å². The zero-order valence-electron chi connectivity index (χ0n) is 15.8. The lowest BCUT2D eigenvalue weighted by Crippen LogP contribution is -2.10. The molecule has 27 heavy (non-hydrogen) atoms. The molecule has 0 atom stereocenters. The third-order valence-electron chi connectivity index (χ3n) is 4.27. The number of benzene rings is 2. The normalized spacial score (nSPS) is 10.5. The Morgan fingerprint density at radius 2 is 1.81 bits per heavy atom. The molecule has 0 bridgehead atoms. The van der Waals surface area contributed by atoms with Crippen LogP contribution in [0.1, 0.15) is 22.8 Å². The fraction of sp³-hybridized carbons (Fsp3) is 0.238. The maximum absolute atomic E-state index is 12.6. The summed E-state index contributed by atoms with van der Waals surface area (Å²) in [6.07, 6.45) is 1.51. The molecule has 2 aromatic carbocycles.